The van der Waals surface area contributed by atoms with Gasteiger partial charge in [0.05, 0.1) is 4.90 Å². The summed E-state index contributed by atoms with van der Waals surface area (Å²) in [5.41, 5.74) is 3.23. The molecule has 4 nitrogen and oxygen atoms in total. The van der Waals surface area contributed by atoms with Crippen LogP contribution >= 0.6 is 0 Å². The molecule has 0 saturated carbocycles. The largest absolute Gasteiger partial charge is 0.382 e. The zero-order valence-corrected chi connectivity index (χ0v) is 13.4. The summed E-state index contributed by atoms with van der Waals surface area (Å²) in [6.07, 6.45) is 1.55. The molecule has 1 aliphatic rings. The maximum Gasteiger partial charge on any atom is 0.240 e. The highest BCUT2D eigenvalue weighted by molar-refractivity contribution is 7.89. The van der Waals surface area contributed by atoms with Crippen LogP contribution < -0.4 is 10.0 Å². The van der Waals surface area contributed by atoms with Crippen LogP contribution in [0.4, 0.5) is 5.69 Å². The highest BCUT2D eigenvalue weighted by atomic mass is 32.2. The summed E-state index contributed by atoms with van der Waals surface area (Å²) < 4.78 is 27.4. The first-order chi connectivity index (χ1) is 10.5. The van der Waals surface area contributed by atoms with Crippen LogP contribution in [0.5, 0.6) is 0 Å². The Morgan fingerprint density at radius 1 is 1.18 bits per heavy atom. The molecule has 0 radical (unpaired) electrons. The molecule has 5 heteroatoms. The average molecular weight is 316 g/mol. The van der Waals surface area contributed by atoms with E-state index < -0.39 is 10.0 Å². The number of hydrogen-bond donors (Lipinski definition) is 2. The fourth-order valence-electron chi connectivity index (χ4n) is 2.75. The van der Waals surface area contributed by atoms with Crippen molar-refractivity contribution in [3.63, 3.8) is 0 Å². The zero-order valence-electron chi connectivity index (χ0n) is 12.5. The van der Waals surface area contributed by atoms with Gasteiger partial charge in [-0.2, -0.15) is 0 Å². The fourth-order valence-corrected chi connectivity index (χ4v) is 3.83. The van der Waals surface area contributed by atoms with Crippen molar-refractivity contribution in [3.8, 4) is 0 Å². The lowest BCUT2D eigenvalue weighted by atomic mass is 10.1. The first-order valence-corrected chi connectivity index (χ1v) is 8.96. The fraction of sp³-hybridized carbons (Fsp3) is 0.294. The average Bonchev–Trinajstić information content (AvgIpc) is 2.87. The SMILES string of the molecule is CC1Cc2cc(S(=O)(=O)NCCc3ccccc3)ccc2N1. The number of hydrogen-bond acceptors (Lipinski definition) is 3. The maximum absolute atomic E-state index is 12.4. The minimum absolute atomic E-state index is 0.343. The minimum Gasteiger partial charge on any atom is -0.382 e. The van der Waals surface area contributed by atoms with Gasteiger partial charge in [-0.3, -0.25) is 0 Å². The molecule has 0 aromatic heterocycles. The van der Waals surface area contributed by atoms with Crippen molar-refractivity contribution in [2.24, 2.45) is 0 Å². The van der Waals surface area contributed by atoms with E-state index in [1.165, 1.54) is 0 Å². The van der Waals surface area contributed by atoms with E-state index >= 15 is 0 Å². The molecule has 22 heavy (non-hydrogen) atoms. The van der Waals surface area contributed by atoms with Crippen LogP contribution in [0.25, 0.3) is 0 Å². The lowest BCUT2D eigenvalue weighted by molar-refractivity contribution is 0.581. The number of nitrogens with one attached hydrogen (secondary N) is 2. The Kier molecular flexibility index (Phi) is 4.18. The molecule has 0 aliphatic carbocycles. The molecule has 0 saturated heterocycles. The van der Waals surface area contributed by atoms with Crippen LogP contribution in [0.2, 0.25) is 0 Å². The van der Waals surface area contributed by atoms with Crippen molar-refractivity contribution in [2.75, 3.05) is 11.9 Å². The molecule has 0 amide bonds. The van der Waals surface area contributed by atoms with Crippen LogP contribution in [0.15, 0.2) is 53.4 Å². The van der Waals surface area contributed by atoms with Gasteiger partial charge in [0.2, 0.25) is 10.0 Å². The third-order valence-electron chi connectivity index (χ3n) is 3.86. The van der Waals surface area contributed by atoms with Crippen LogP contribution in [0.3, 0.4) is 0 Å². The van der Waals surface area contributed by atoms with Crippen molar-refractivity contribution < 1.29 is 8.42 Å². The van der Waals surface area contributed by atoms with Crippen molar-refractivity contribution in [3.05, 3.63) is 59.7 Å². The number of benzene rings is 2. The Bertz CT molecular complexity index is 757. The molecule has 0 spiro atoms. The smallest absolute Gasteiger partial charge is 0.240 e. The predicted octanol–water partition coefficient (Wildman–Crippen LogP) is 2.56. The molecule has 3 rings (SSSR count). The Balaban J connectivity index is 1.67. The van der Waals surface area contributed by atoms with Gasteiger partial charge in [-0.05, 0) is 49.1 Å². The second kappa shape index (κ2) is 6.10. The van der Waals surface area contributed by atoms with Gasteiger partial charge >= 0.3 is 0 Å². The van der Waals surface area contributed by atoms with Crippen molar-refractivity contribution in [1.29, 1.82) is 0 Å². The van der Waals surface area contributed by atoms with Gasteiger partial charge < -0.3 is 5.32 Å². The van der Waals surface area contributed by atoms with E-state index in [-0.39, 0.29) is 0 Å². The Morgan fingerprint density at radius 2 is 1.95 bits per heavy atom. The molecule has 2 aromatic carbocycles. The standard InChI is InChI=1S/C17H20N2O2S/c1-13-11-15-12-16(7-8-17(15)19-13)22(20,21)18-10-9-14-5-3-2-4-6-14/h2-8,12-13,18-19H,9-11H2,1H3. The lowest BCUT2D eigenvalue weighted by Gasteiger charge is -2.08. The summed E-state index contributed by atoms with van der Waals surface area (Å²) in [4.78, 5) is 0.343. The summed E-state index contributed by atoms with van der Waals surface area (Å²) >= 11 is 0. The minimum atomic E-state index is -3.45. The number of anilines is 1. The summed E-state index contributed by atoms with van der Waals surface area (Å²) in [7, 11) is -3.45. The molecule has 0 bridgehead atoms. The topological polar surface area (TPSA) is 58.2 Å². The van der Waals surface area contributed by atoms with E-state index in [1.54, 1.807) is 12.1 Å². The summed E-state index contributed by atoms with van der Waals surface area (Å²) in [6.45, 7) is 2.49. The monoisotopic (exact) mass is 316 g/mol. The van der Waals surface area contributed by atoms with Crippen molar-refractivity contribution >= 4 is 15.7 Å². The van der Waals surface area contributed by atoms with E-state index in [1.807, 2.05) is 36.4 Å². The molecule has 1 heterocycles. The van der Waals surface area contributed by atoms with E-state index in [0.29, 0.717) is 23.9 Å². The van der Waals surface area contributed by atoms with E-state index in [2.05, 4.69) is 17.0 Å². The maximum atomic E-state index is 12.4. The Hall–Kier alpha value is -1.85. The molecule has 1 aliphatic heterocycles. The molecule has 1 unspecified atom stereocenters. The van der Waals surface area contributed by atoms with Crippen LogP contribution in [0.1, 0.15) is 18.1 Å². The van der Waals surface area contributed by atoms with Gasteiger partial charge in [0.1, 0.15) is 0 Å². The number of rotatable bonds is 5. The molecule has 2 N–H and O–H groups in total. The quantitative estimate of drug-likeness (QED) is 0.891. The van der Waals surface area contributed by atoms with Crippen LogP contribution in [-0.4, -0.2) is 21.0 Å². The molecule has 116 valence electrons. The second-order valence-corrected chi connectivity index (χ2v) is 7.47. The molecular weight excluding hydrogens is 296 g/mol. The highest BCUT2D eigenvalue weighted by Crippen LogP contribution is 2.27. The molecular formula is C17H20N2O2S. The van der Waals surface area contributed by atoms with Gasteiger partial charge in [0.25, 0.3) is 0 Å². The first kappa shape index (κ1) is 15.1. The summed E-state index contributed by atoms with van der Waals surface area (Å²) in [5, 5.41) is 3.33. The second-order valence-electron chi connectivity index (χ2n) is 5.70. The highest BCUT2D eigenvalue weighted by Gasteiger charge is 2.20. The van der Waals surface area contributed by atoms with Gasteiger partial charge in [-0.1, -0.05) is 30.3 Å². The normalized spacial score (nSPS) is 17.0. The third kappa shape index (κ3) is 3.31. The third-order valence-corrected chi connectivity index (χ3v) is 5.32. The van der Waals surface area contributed by atoms with E-state index in [9.17, 15) is 8.42 Å². The van der Waals surface area contributed by atoms with Gasteiger partial charge in [0, 0.05) is 18.3 Å². The van der Waals surface area contributed by atoms with E-state index in [4.69, 9.17) is 0 Å². The number of sulfonamides is 1. The zero-order chi connectivity index (χ0) is 15.6. The van der Waals surface area contributed by atoms with Gasteiger partial charge in [-0.25, -0.2) is 13.1 Å². The van der Waals surface area contributed by atoms with Gasteiger partial charge in [-0.15, -0.1) is 0 Å². The van der Waals surface area contributed by atoms with E-state index in [0.717, 1.165) is 23.2 Å². The Morgan fingerprint density at radius 3 is 2.73 bits per heavy atom. The predicted molar refractivity (Wildman–Crippen MR) is 88.6 cm³/mol. The summed E-state index contributed by atoms with van der Waals surface area (Å²) in [6, 6.07) is 15.5. The first-order valence-electron chi connectivity index (χ1n) is 7.48. The Labute approximate surface area is 131 Å². The number of fused-ring (bicyclic) bond motifs is 1. The molecule has 1 atom stereocenters. The van der Waals surface area contributed by atoms with Crippen molar-refractivity contribution in [1.82, 2.24) is 4.72 Å². The van der Waals surface area contributed by atoms with Crippen LogP contribution in [0, 0.1) is 0 Å². The summed E-state index contributed by atoms with van der Waals surface area (Å²) in [5.74, 6) is 0. The molecule has 0 fully saturated rings. The lowest BCUT2D eigenvalue weighted by Crippen LogP contribution is -2.26. The van der Waals surface area contributed by atoms with Gasteiger partial charge in [0.15, 0.2) is 0 Å². The van der Waals surface area contributed by atoms with Crippen LogP contribution in [-0.2, 0) is 22.9 Å². The van der Waals surface area contributed by atoms with Crippen molar-refractivity contribution in [2.45, 2.75) is 30.7 Å². The molecule has 2 aromatic rings.